The molecule has 1 aliphatic heterocycles. The van der Waals surface area contributed by atoms with E-state index in [1.807, 2.05) is 23.9 Å². The second-order valence-electron chi connectivity index (χ2n) is 4.97. The van der Waals surface area contributed by atoms with Gasteiger partial charge in [0.1, 0.15) is 5.82 Å². The van der Waals surface area contributed by atoms with Crippen molar-refractivity contribution in [3.05, 3.63) is 24.7 Å². The lowest BCUT2D eigenvalue weighted by Gasteiger charge is -2.31. The molecule has 0 aliphatic carbocycles. The predicted molar refractivity (Wildman–Crippen MR) is 76.0 cm³/mol. The Balaban J connectivity index is 1.77. The minimum Gasteiger partial charge on any atom is -0.391 e. The minimum absolute atomic E-state index is 0.273. The van der Waals surface area contributed by atoms with Crippen LogP contribution in [-0.2, 0) is 7.05 Å². The van der Waals surface area contributed by atoms with Gasteiger partial charge in [0.25, 0.3) is 0 Å². The van der Waals surface area contributed by atoms with Gasteiger partial charge in [-0.05, 0) is 18.9 Å². The summed E-state index contributed by atoms with van der Waals surface area (Å²) in [5.41, 5.74) is 0. The summed E-state index contributed by atoms with van der Waals surface area (Å²) < 4.78 is 1.86. The molecule has 1 unspecified atom stereocenters. The molecule has 2 N–H and O–H groups in total. The van der Waals surface area contributed by atoms with E-state index in [2.05, 4.69) is 25.2 Å². The Labute approximate surface area is 117 Å². The Bertz CT molecular complexity index is 584. The second kappa shape index (κ2) is 5.46. The highest BCUT2D eigenvalue weighted by molar-refractivity contribution is 5.48. The summed E-state index contributed by atoms with van der Waals surface area (Å²) in [5, 5.41) is 12.8. The first kappa shape index (κ1) is 12.9. The number of aliphatic hydroxyl groups excluding tert-OH is 1. The molecule has 1 aliphatic rings. The zero-order chi connectivity index (χ0) is 13.9. The van der Waals surface area contributed by atoms with E-state index in [1.165, 1.54) is 0 Å². The fourth-order valence-corrected chi connectivity index (χ4v) is 2.33. The third-order valence-electron chi connectivity index (χ3n) is 3.41. The van der Waals surface area contributed by atoms with E-state index in [0.29, 0.717) is 18.4 Å². The number of nitrogens with zero attached hydrogens (tertiary/aromatic N) is 5. The molecule has 3 rings (SSSR count). The van der Waals surface area contributed by atoms with Gasteiger partial charge < -0.3 is 14.6 Å². The van der Waals surface area contributed by atoms with Crippen LogP contribution in [0.25, 0.3) is 0 Å². The number of hydrogen-bond acceptors (Lipinski definition) is 6. The van der Waals surface area contributed by atoms with E-state index >= 15 is 0 Å². The number of anilines is 3. The summed E-state index contributed by atoms with van der Waals surface area (Å²) >= 11 is 0. The quantitative estimate of drug-likeness (QED) is 0.866. The first-order valence-electron chi connectivity index (χ1n) is 6.73. The molecule has 0 spiro atoms. The van der Waals surface area contributed by atoms with Crippen LogP contribution in [0, 0.1) is 0 Å². The van der Waals surface area contributed by atoms with Gasteiger partial charge in [0.2, 0.25) is 11.9 Å². The molecule has 0 aromatic carbocycles. The van der Waals surface area contributed by atoms with Gasteiger partial charge >= 0.3 is 0 Å². The van der Waals surface area contributed by atoms with Crippen LogP contribution in [0.4, 0.5) is 17.7 Å². The summed E-state index contributed by atoms with van der Waals surface area (Å²) in [6.07, 6.45) is 6.85. The first-order valence-corrected chi connectivity index (χ1v) is 6.73. The Morgan fingerprint density at radius 3 is 3.00 bits per heavy atom. The number of imidazole rings is 1. The van der Waals surface area contributed by atoms with Gasteiger partial charge in [-0.25, -0.2) is 9.97 Å². The first-order chi connectivity index (χ1) is 9.72. The third kappa shape index (κ3) is 2.72. The molecule has 3 heterocycles. The molecule has 7 nitrogen and oxygen atoms in total. The Kier molecular flexibility index (Phi) is 3.51. The second-order valence-corrected chi connectivity index (χ2v) is 4.97. The fraction of sp³-hybridized carbons (Fsp3) is 0.462. The number of hydrogen-bond donors (Lipinski definition) is 2. The average Bonchev–Trinajstić information content (AvgIpc) is 2.85. The van der Waals surface area contributed by atoms with Crippen molar-refractivity contribution >= 4 is 17.7 Å². The monoisotopic (exact) mass is 274 g/mol. The molecule has 1 atom stereocenters. The summed E-state index contributed by atoms with van der Waals surface area (Å²) in [7, 11) is 1.90. The maximum absolute atomic E-state index is 9.74. The summed E-state index contributed by atoms with van der Waals surface area (Å²) in [6.45, 7) is 1.54. The van der Waals surface area contributed by atoms with Crippen LogP contribution in [0.5, 0.6) is 0 Å². The van der Waals surface area contributed by atoms with Crippen LogP contribution in [0.2, 0.25) is 0 Å². The molecule has 1 saturated heterocycles. The smallest absolute Gasteiger partial charge is 0.231 e. The molecule has 106 valence electrons. The normalized spacial score (nSPS) is 19.1. The highest BCUT2D eigenvalue weighted by Gasteiger charge is 2.19. The summed E-state index contributed by atoms with van der Waals surface area (Å²) in [5.74, 6) is 2.04. The molecule has 0 saturated carbocycles. The lowest BCUT2D eigenvalue weighted by Crippen LogP contribution is -2.38. The van der Waals surface area contributed by atoms with Crippen LogP contribution in [-0.4, -0.2) is 43.8 Å². The van der Waals surface area contributed by atoms with E-state index in [4.69, 9.17) is 0 Å². The molecular formula is C13H18N6O. The number of aromatic nitrogens is 4. The topological polar surface area (TPSA) is 79.1 Å². The number of rotatable bonds is 3. The maximum Gasteiger partial charge on any atom is 0.231 e. The van der Waals surface area contributed by atoms with Crippen molar-refractivity contribution in [1.29, 1.82) is 0 Å². The molecule has 20 heavy (non-hydrogen) atoms. The van der Waals surface area contributed by atoms with Crippen LogP contribution in [0.15, 0.2) is 24.7 Å². The largest absolute Gasteiger partial charge is 0.391 e. The van der Waals surface area contributed by atoms with Gasteiger partial charge in [-0.15, -0.1) is 0 Å². The van der Waals surface area contributed by atoms with Gasteiger partial charge in [-0.3, -0.25) is 5.32 Å². The SMILES string of the molecule is Cn1ccnc1Nc1nccc(N2CCCC(O)C2)n1. The maximum atomic E-state index is 9.74. The van der Waals surface area contributed by atoms with Gasteiger partial charge in [0.05, 0.1) is 6.10 Å². The Hall–Kier alpha value is -2.15. The van der Waals surface area contributed by atoms with Crippen molar-refractivity contribution in [3.63, 3.8) is 0 Å². The van der Waals surface area contributed by atoms with Crippen LogP contribution < -0.4 is 10.2 Å². The van der Waals surface area contributed by atoms with Crippen molar-refractivity contribution in [2.45, 2.75) is 18.9 Å². The highest BCUT2D eigenvalue weighted by Crippen LogP contribution is 2.19. The number of nitrogens with one attached hydrogen (secondary N) is 1. The number of aliphatic hydroxyl groups is 1. The van der Waals surface area contributed by atoms with E-state index in [9.17, 15) is 5.11 Å². The number of aryl methyl sites for hydroxylation is 1. The van der Waals surface area contributed by atoms with Crippen molar-refractivity contribution in [3.8, 4) is 0 Å². The van der Waals surface area contributed by atoms with Gasteiger partial charge in [-0.2, -0.15) is 4.98 Å². The Morgan fingerprint density at radius 1 is 1.35 bits per heavy atom. The molecule has 2 aromatic rings. The summed E-state index contributed by atoms with van der Waals surface area (Å²) in [6, 6.07) is 1.86. The average molecular weight is 274 g/mol. The highest BCUT2D eigenvalue weighted by atomic mass is 16.3. The molecule has 0 bridgehead atoms. The van der Waals surface area contributed by atoms with Crippen LogP contribution in [0.3, 0.4) is 0 Å². The fourth-order valence-electron chi connectivity index (χ4n) is 2.33. The zero-order valence-electron chi connectivity index (χ0n) is 11.4. The molecule has 2 aromatic heterocycles. The molecule has 0 amide bonds. The van der Waals surface area contributed by atoms with Crippen LogP contribution in [0.1, 0.15) is 12.8 Å². The van der Waals surface area contributed by atoms with Crippen LogP contribution >= 0.6 is 0 Å². The minimum atomic E-state index is -0.273. The van der Waals surface area contributed by atoms with E-state index in [0.717, 1.165) is 25.2 Å². The van der Waals surface area contributed by atoms with Crippen molar-refractivity contribution in [1.82, 2.24) is 19.5 Å². The van der Waals surface area contributed by atoms with Crippen molar-refractivity contribution in [2.24, 2.45) is 7.05 Å². The third-order valence-corrected chi connectivity index (χ3v) is 3.41. The zero-order valence-corrected chi connectivity index (χ0v) is 11.4. The molecule has 1 fully saturated rings. The van der Waals surface area contributed by atoms with E-state index in [-0.39, 0.29) is 6.10 Å². The van der Waals surface area contributed by atoms with Crippen molar-refractivity contribution < 1.29 is 5.11 Å². The van der Waals surface area contributed by atoms with E-state index in [1.54, 1.807) is 12.4 Å². The summed E-state index contributed by atoms with van der Waals surface area (Å²) in [4.78, 5) is 15.0. The Morgan fingerprint density at radius 2 is 2.25 bits per heavy atom. The molecule has 0 radical (unpaired) electrons. The molecular weight excluding hydrogens is 256 g/mol. The predicted octanol–water partition coefficient (Wildman–Crippen LogP) is 0.915. The molecule has 7 heteroatoms. The van der Waals surface area contributed by atoms with Gasteiger partial charge in [-0.1, -0.05) is 0 Å². The van der Waals surface area contributed by atoms with E-state index < -0.39 is 0 Å². The standard InChI is InChI=1S/C13H18N6O/c1-18-8-6-15-13(18)17-12-14-5-4-11(16-12)19-7-2-3-10(20)9-19/h4-6,8,10,20H,2-3,7,9H2,1H3,(H,14,15,16,17). The van der Waals surface area contributed by atoms with Crippen molar-refractivity contribution in [2.75, 3.05) is 23.3 Å². The van der Waals surface area contributed by atoms with Gasteiger partial charge in [0, 0.05) is 38.7 Å². The van der Waals surface area contributed by atoms with Gasteiger partial charge in [0.15, 0.2) is 0 Å². The number of piperidine rings is 1. The lowest BCUT2D eigenvalue weighted by molar-refractivity contribution is 0.154. The number of β-amino-alcohol motifs (C(OH)–C–C–N with tert-alkyl or cyclic N) is 1. The lowest BCUT2D eigenvalue weighted by atomic mass is 10.1.